The van der Waals surface area contributed by atoms with Gasteiger partial charge in [-0.15, -0.1) is 0 Å². The summed E-state index contributed by atoms with van der Waals surface area (Å²) in [4.78, 5) is 35.7. The topological polar surface area (TPSA) is 131 Å². The molecule has 3 rings (SSSR count). The number of carbonyl (C=O) groups is 3. The van der Waals surface area contributed by atoms with Gasteiger partial charge in [-0.1, -0.05) is 6.07 Å². The Morgan fingerprint density at radius 1 is 0.963 bits per heavy atom. The Balaban J connectivity index is 1.75. The van der Waals surface area contributed by atoms with E-state index in [1.807, 2.05) is 0 Å². The van der Waals surface area contributed by atoms with Gasteiger partial charge < -0.3 is 15.7 Å². The number of hydrogen-bond acceptors (Lipinski definition) is 5. The summed E-state index contributed by atoms with van der Waals surface area (Å²) >= 11 is 0. The largest absolute Gasteiger partial charge is 0.476 e. The van der Waals surface area contributed by atoms with Crippen molar-refractivity contribution in [2.45, 2.75) is 0 Å². The van der Waals surface area contributed by atoms with Crippen LogP contribution in [0.4, 0.5) is 11.4 Å². The number of amides is 2. The summed E-state index contributed by atoms with van der Waals surface area (Å²) < 4.78 is 2.77. The van der Waals surface area contributed by atoms with Crippen molar-refractivity contribution in [1.29, 1.82) is 0 Å². The predicted molar refractivity (Wildman–Crippen MR) is 95.7 cm³/mol. The van der Waals surface area contributed by atoms with Crippen molar-refractivity contribution in [2.24, 2.45) is 14.1 Å². The lowest BCUT2D eigenvalue weighted by Crippen LogP contribution is -2.16. The average Bonchev–Trinajstić information content (AvgIpc) is 3.21. The molecule has 0 atom stereocenters. The molecular weight excluding hydrogens is 352 g/mol. The molecule has 10 nitrogen and oxygen atoms in total. The number of aryl methyl sites for hydroxylation is 2. The molecule has 10 heteroatoms. The summed E-state index contributed by atoms with van der Waals surface area (Å²) in [6, 6.07) is 8.05. The predicted octanol–water partition coefficient (Wildman–Crippen LogP) is 1.36. The van der Waals surface area contributed by atoms with E-state index in [1.165, 1.54) is 22.6 Å². The van der Waals surface area contributed by atoms with Gasteiger partial charge in [-0.2, -0.15) is 10.2 Å². The Morgan fingerprint density at radius 2 is 1.63 bits per heavy atom. The van der Waals surface area contributed by atoms with Crippen LogP contribution in [-0.4, -0.2) is 42.5 Å². The van der Waals surface area contributed by atoms with Crippen LogP contribution in [0.15, 0.2) is 42.7 Å². The van der Waals surface area contributed by atoms with Crippen molar-refractivity contribution in [2.75, 3.05) is 10.6 Å². The molecule has 0 aliphatic carbocycles. The van der Waals surface area contributed by atoms with Crippen LogP contribution in [-0.2, 0) is 14.1 Å². The zero-order chi connectivity index (χ0) is 19.6. The van der Waals surface area contributed by atoms with Gasteiger partial charge >= 0.3 is 5.97 Å². The summed E-state index contributed by atoms with van der Waals surface area (Å²) in [5.74, 6) is -2.30. The van der Waals surface area contributed by atoms with Gasteiger partial charge in [0.1, 0.15) is 0 Å². The zero-order valence-electron chi connectivity index (χ0n) is 14.5. The zero-order valence-corrected chi connectivity index (χ0v) is 14.5. The first-order valence-electron chi connectivity index (χ1n) is 7.83. The van der Waals surface area contributed by atoms with Crippen molar-refractivity contribution in [3.8, 4) is 0 Å². The highest BCUT2D eigenvalue weighted by Crippen LogP contribution is 2.18. The third-order valence-electron chi connectivity index (χ3n) is 3.60. The number of anilines is 2. The van der Waals surface area contributed by atoms with Crippen LogP contribution in [0, 0.1) is 0 Å². The number of carboxylic acids is 1. The molecule has 0 aliphatic rings. The van der Waals surface area contributed by atoms with E-state index in [0.29, 0.717) is 11.4 Å². The van der Waals surface area contributed by atoms with Crippen molar-refractivity contribution >= 4 is 29.2 Å². The molecule has 0 bridgehead atoms. The first kappa shape index (κ1) is 17.9. The number of benzene rings is 1. The summed E-state index contributed by atoms with van der Waals surface area (Å²) in [7, 11) is 3.23. The van der Waals surface area contributed by atoms with Crippen LogP contribution >= 0.6 is 0 Å². The second kappa shape index (κ2) is 7.12. The molecular formula is C17H16N6O4. The second-order valence-electron chi connectivity index (χ2n) is 5.73. The maximum Gasteiger partial charge on any atom is 0.357 e. The Bertz CT molecular complexity index is 1040. The fourth-order valence-electron chi connectivity index (χ4n) is 2.42. The van der Waals surface area contributed by atoms with Crippen LogP contribution in [0.1, 0.15) is 31.3 Å². The Kier molecular flexibility index (Phi) is 4.71. The first-order valence-corrected chi connectivity index (χ1v) is 7.83. The maximum atomic E-state index is 12.4. The minimum absolute atomic E-state index is 0.0621. The number of carboxylic acid groups (broad SMARTS) is 1. The van der Waals surface area contributed by atoms with Crippen molar-refractivity contribution < 1.29 is 19.5 Å². The first-order chi connectivity index (χ1) is 12.8. The highest BCUT2D eigenvalue weighted by molar-refractivity contribution is 6.10. The van der Waals surface area contributed by atoms with E-state index in [0.717, 1.165) is 0 Å². The van der Waals surface area contributed by atoms with Gasteiger partial charge in [-0.05, 0) is 24.3 Å². The van der Waals surface area contributed by atoms with Crippen molar-refractivity contribution in [1.82, 2.24) is 19.6 Å². The number of carbonyl (C=O) groups excluding carboxylic acids is 2. The van der Waals surface area contributed by atoms with E-state index >= 15 is 0 Å². The van der Waals surface area contributed by atoms with E-state index in [-0.39, 0.29) is 22.9 Å². The minimum atomic E-state index is -1.29. The molecule has 2 amide bonds. The molecule has 0 spiro atoms. The van der Waals surface area contributed by atoms with E-state index < -0.39 is 11.9 Å². The summed E-state index contributed by atoms with van der Waals surface area (Å²) in [5, 5.41) is 22.2. The van der Waals surface area contributed by atoms with Crippen LogP contribution in [0.5, 0.6) is 0 Å². The molecule has 0 saturated heterocycles. The number of nitrogens with zero attached hydrogens (tertiary/aromatic N) is 4. The lowest BCUT2D eigenvalue weighted by Gasteiger charge is -2.08. The van der Waals surface area contributed by atoms with Crippen LogP contribution in [0.3, 0.4) is 0 Å². The van der Waals surface area contributed by atoms with Gasteiger partial charge in [0, 0.05) is 37.9 Å². The fourth-order valence-corrected chi connectivity index (χ4v) is 2.42. The van der Waals surface area contributed by atoms with Gasteiger partial charge in [0.2, 0.25) is 0 Å². The fraction of sp³-hybridized carbons (Fsp3) is 0.118. The molecule has 27 heavy (non-hydrogen) atoms. The Labute approximate surface area is 153 Å². The van der Waals surface area contributed by atoms with E-state index in [1.54, 1.807) is 43.6 Å². The van der Waals surface area contributed by atoms with Crippen molar-refractivity contribution in [3.63, 3.8) is 0 Å². The highest BCUT2D eigenvalue weighted by Gasteiger charge is 2.21. The molecule has 0 fully saturated rings. The number of nitrogens with one attached hydrogen (secondary N) is 2. The third-order valence-corrected chi connectivity index (χ3v) is 3.60. The molecule has 2 aromatic heterocycles. The Hall–Kier alpha value is -3.95. The van der Waals surface area contributed by atoms with E-state index in [2.05, 4.69) is 20.8 Å². The van der Waals surface area contributed by atoms with E-state index in [4.69, 9.17) is 5.11 Å². The summed E-state index contributed by atoms with van der Waals surface area (Å²) in [5.41, 5.74) is 0.697. The van der Waals surface area contributed by atoms with Gasteiger partial charge in [0.25, 0.3) is 11.8 Å². The molecule has 2 heterocycles. The number of aromatic carboxylic acids is 1. The monoisotopic (exact) mass is 368 g/mol. The lowest BCUT2D eigenvalue weighted by molar-refractivity contribution is 0.0685. The quantitative estimate of drug-likeness (QED) is 0.623. The standard InChI is InChI=1S/C17H16N6O4/c1-22-7-6-13(20-22)16(25)19-11-5-3-4-10(8-11)18-15(24)12-9-23(2)21-14(12)17(26)27/h3-9H,1-2H3,(H,18,24)(H,19,25)(H,26,27). The van der Waals surface area contributed by atoms with Crippen LogP contribution in [0.25, 0.3) is 0 Å². The maximum absolute atomic E-state index is 12.4. The van der Waals surface area contributed by atoms with E-state index in [9.17, 15) is 14.4 Å². The van der Waals surface area contributed by atoms with Gasteiger partial charge in [-0.25, -0.2) is 4.79 Å². The molecule has 3 N–H and O–H groups in total. The molecule has 0 unspecified atom stereocenters. The SMILES string of the molecule is Cn1ccc(C(=O)Nc2cccc(NC(=O)c3cn(C)nc3C(=O)O)c2)n1. The van der Waals surface area contributed by atoms with Crippen molar-refractivity contribution in [3.05, 3.63) is 59.7 Å². The highest BCUT2D eigenvalue weighted by atomic mass is 16.4. The third kappa shape index (κ3) is 4.00. The molecule has 0 aliphatic heterocycles. The molecule has 3 aromatic rings. The van der Waals surface area contributed by atoms with Gasteiger partial charge in [-0.3, -0.25) is 19.0 Å². The van der Waals surface area contributed by atoms with Gasteiger partial charge in [0.05, 0.1) is 5.56 Å². The smallest absolute Gasteiger partial charge is 0.357 e. The van der Waals surface area contributed by atoms with Crippen LogP contribution in [0.2, 0.25) is 0 Å². The van der Waals surface area contributed by atoms with Gasteiger partial charge in [0.15, 0.2) is 11.4 Å². The lowest BCUT2D eigenvalue weighted by atomic mass is 10.2. The minimum Gasteiger partial charge on any atom is -0.476 e. The molecule has 0 radical (unpaired) electrons. The normalized spacial score (nSPS) is 10.4. The number of rotatable bonds is 5. The summed E-state index contributed by atoms with van der Waals surface area (Å²) in [6.45, 7) is 0. The average molecular weight is 368 g/mol. The molecule has 1 aromatic carbocycles. The summed E-state index contributed by atoms with van der Waals surface area (Å²) in [6.07, 6.45) is 2.98. The Morgan fingerprint density at radius 3 is 2.22 bits per heavy atom. The number of hydrogen-bond donors (Lipinski definition) is 3. The molecule has 0 saturated carbocycles. The number of aromatic nitrogens is 4. The van der Waals surface area contributed by atoms with Crippen LogP contribution < -0.4 is 10.6 Å². The molecule has 138 valence electrons. The second-order valence-corrected chi connectivity index (χ2v) is 5.73.